The standard InChI is InChI=1S/C18H17NO2/c1-13-2-4-14(5-3-13)10-16(12-19)15-6-7-17-18(11-15)21-9-8-20-17/h2-7,11,16H,8-10H2,1H3. The summed E-state index contributed by atoms with van der Waals surface area (Å²) < 4.78 is 11.1. The second-order valence-corrected chi connectivity index (χ2v) is 5.27. The molecule has 0 radical (unpaired) electrons. The van der Waals surface area contributed by atoms with Crippen molar-refractivity contribution in [3.8, 4) is 17.6 Å². The maximum absolute atomic E-state index is 9.48. The minimum Gasteiger partial charge on any atom is -0.486 e. The van der Waals surface area contributed by atoms with E-state index < -0.39 is 0 Å². The maximum Gasteiger partial charge on any atom is 0.161 e. The van der Waals surface area contributed by atoms with Crippen LogP contribution in [0.15, 0.2) is 42.5 Å². The zero-order valence-electron chi connectivity index (χ0n) is 12.0. The molecule has 0 aliphatic carbocycles. The molecule has 1 heterocycles. The Morgan fingerprint density at radius 3 is 2.48 bits per heavy atom. The van der Waals surface area contributed by atoms with Gasteiger partial charge >= 0.3 is 0 Å². The third-order valence-corrected chi connectivity index (χ3v) is 3.68. The Morgan fingerprint density at radius 1 is 1.05 bits per heavy atom. The van der Waals surface area contributed by atoms with Gasteiger partial charge in [0, 0.05) is 0 Å². The van der Waals surface area contributed by atoms with Gasteiger partial charge in [0.15, 0.2) is 11.5 Å². The highest BCUT2D eigenvalue weighted by molar-refractivity contribution is 5.46. The van der Waals surface area contributed by atoms with E-state index in [-0.39, 0.29) is 5.92 Å². The van der Waals surface area contributed by atoms with Crippen molar-refractivity contribution >= 4 is 0 Å². The van der Waals surface area contributed by atoms with Crippen LogP contribution in [0.2, 0.25) is 0 Å². The van der Waals surface area contributed by atoms with Crippen LogP contribution in [0, 0.1) is 18.3 Å². The molecule has 1 atom stereocenters. The molecule has 0 bridgehead atoms. The number of fused-ring (bicyclic) bond motifs is 1. The molecule has 2 aromatic rings. The van der Waals surface area contributed by atoms with Crippen LogP contribution in [0.4, 0.5) is 0 Å². The van der Waals surface area contributed by atoms with Gasteiger partial charge in [0.05, 0.1) is 12.0 Å². The number of nitrogens with zero attached hydrogens (tertiary/aromatic N) is 1. The average molecular weight is 279 g/mol. The number of benzene rings is 2. The van der Waals surface area contributed by atoms with Crippen molar-refractivity contribution in [1.29, 1.82) is 5.26 Å². The Hall–Kier alpha value is -2.47. The van der Waals surface area contributed by atoms with Crippen LogP contribution in [0.1, 0.15) is 22.6 Å². The van der Waals surface area contributed by atoms with Gasteiger partial charge in [0.2, 0.25) is 0 Å². The molecule has 1 aliphatic rings. The minimum absolute atomic E-state index is 0.177. The number of aryl methyl sites for hydroxylation is 1. The molecule has 3 nitrogen and oxygen atoms in total. The summed E-state index contributed by atoms with van der Waals surface area (Å²) in [6.45, 7) is 3.20. The van der Waals surface area contributed by atoms with Gasteiger partial charge in [-0.2, -0.15) is 5.26 Å². The van der Waals surface area contributed by atoms with Crippen LogP contribution >= 0.6 is 0 Å². The molecule has 1 unspecified atom stereocenters. The maximum atomic E-state index is 9.48. The smallest absolute Gasteiger partial charge is 0.161 e. The Kier molecular flexibility index (Phi) is 3.79. The molecule has 3 rings (SSSR count). The topological polar surface area (TPSA) is 42.2 Å². The van der Waals surface area contributed by atoms with Crippen LogP contribution < -0.4 is 9.47 Å². The first kappa shape index (κ1) is 13.5. The summed E-state index contributed by atoms with van der Waals surface area (Å²) >= 11 is 0. The molecule has 0 fully saturated rings. The first-order valence-corrected chi connectivity index (χ1v) is 7.11. The second kappa shape index (κ2) is 5.88. The largest absolute Gasteiger partial charge is 0.486 e. The lowest BCUT2D eigenvalue weighted by Crippen LogP contribution is -2.15. The molecule has 106 valence electrons. The molecule has 0 spiro atoms. The first-order valence-electron chi connectivity index (χ1n) is 7.11. The summed E-state index contributed by atoms with van der Waals surface area (Å²) in [5.41, 5.74) is 3.37. The monoisotopic (exact) mass is 279 g/mol. The van der Waals surface area contributed by atoms with E-state index in [0.717, 1.165) is 17.1 Å². The van der Waals surface area contributed by atoms with Gasteiger partial charge in [-0.3, -0.25) is 0 Å². The average Bonchev–Trinajstić information content (AvgIpc) is 2.54. The first-order chi connectivity index (χ1) is 10.3. The number of rotatable bonds is 3. The third-order valence-electron chi connectivity index (χ3n) is 3.68. The lowest BCUT2D eigenvalue weighted by Gasteiger charge is -2.20. The highest BCUT2D eigenvalue weighted by atomic mass is 16.6. The fourth-order valence-electron chi connectivity index (χ4n) is 2.47. The molecule has 0 N–H and O–H groups in total. The quantitative estimate of drug-likeness (QED) is 0.861. The summed E-state index contributed by atoms with van der Waals surface area (Å²) in [6.07, 6.45) is 0.705. The van der Waals surface area contributed by atoms with Crippen LogP contribution in [-0.2, 0) is 6.42 Å². The SMILES string of the molecule is Cc1ccc(CC(C#N)c2ccc3c(c2)OCCO3)cc1. The molecule has 21 heavy (non-hydrogen) atoms. The van der Waals surface area contributed by atoms with E-state index in [1.54, 1.807) is 0 Å². The molecule has 2 aromatic carbocycles. The van der Waals surface area contributed by atoms with Crippen LogP contribution in [-0.4, -0.2) is 13.2 Å². The summed E-state index contributed by atoms with van der Waals surface area (Å²) in [5, 5.41) is 9.48. The lowest BCUT2D eigenvalue weighted by atomic mass is 9.92. The molecular formula is C18H17NO2. The van der Waals surface area contributed by atoms with E-state index in [9.17, 15) is 5.26 Å². The van der Waals surface area contributed by atoms with E-state index in [1.165, 1.54) is 11.1 Å². The van der Waals surface area contributed by atoms with Crippen molar-refractivity contribution in [1.82, 2.24) is 0 Å². The highest BCUT2D eigenvalue weighted by Crippen LogP contribution is 2.33. The number of ether oxygens (including phenoxy) is 2. The van der Waals surface area contributed by atoms with E-state index in [0.29, 0.717) is 19.6 Å². The number of nitriles is 1. The summed E-state index contributed by atoms with van der Waals surface area (Å²) in [6, 6.07) is 16.5. The molecule has 1 aliphatic heterocycles. The normalized spacial score (nSPS) is 14.3. The predicted octanol–water partition coefficient (Wildman–Crippen LogP) is 3.62. The third kappa shape index (κ3) is 3.00. The Bertz CT molecular complexity index is 671. The number of hydrogen-bond acceptors (Lipinski definition) is 3. The van der Waals surface area contributed by atoms with Gasteiger partial charge in [0.1, 0.15) is 13.2 Å². The summed E-state index contributed by atoms with van der Waals surface area (Å²) in [7, 11) is 0. The zero-order chi connectivity index (χ0) is 14.7. The molecule has 0 saturated carbocycles. The van der Waals surface area contributed by atoms with Crippen molar-refractivity contribution in [2.45, 2.75) is 19.3 Å². The van der Waals surface area contributed by atoms with Crippen molar-refractivity contribution in [3.63, 3.8) is 0 Å². The predicted molar refractivity (Wildman–Crippen MR) is 80.7 cm³/mol. The van der Waals surface area contributed by atoms with E-state index in [2.05, 4.69) is 37.3 Å². The Morgan fingerprint density at radius 2 is 1.76 bits per heavy atom. The Labute approximate surface area is 124 Å². The van der Waals surface area contributed by atoms with Crippen molar-refractivity contribution in [2.24, 2.45) is 0 Å². The highest BCUT2D eigenvalue weighted by Gasteiger charge is 2.17. The van der Waals surface area contributed by atoms with Gasteiger partial charge < -0.3 is 9.47 Å². The van der Waals surface area contributed by atoms with Gasteiger partial charge in [-0.1, -0.05) is 35.9 Å². The molecule has 3 heteroatoms. The fourth-order valence-corrected chi connectivity index (χ4v) is 2.47. The molecule has 0 amide bonds. The number of hydrogen-bond donors (Lipinski definition) is 0. The van der Waals surface area contributed by atoms with Crippen molar-refractivity contribution < 1.29 is 9.47 Å². The van der Waals surface area contributed by atoms with Crippen LogP contribution in [0.25, 0.3) is 0 Å². The van der Waals surface area contributed by atoms with E-state index in [4.69, 9.17) is 9.47 Å². The molecule has 0 saturated heterocycles. The lowest BCUT2D eigenvalue weighted by molar-refractivity contribution is 0.171. The van der Waals surface area contributed by atoms with Gasteiger partial charge in [-0.15, -0.1) is 0 Å². The van der Waals surface area contributed by atoms with Crippen LogP contribution in [0.3, 0.4) is 0 Å². The Balaban J connectivity index is 1.83. The van der Waals surface area contributed by atoms with Gasteiger partial charge in [-0.05, 0) is 36.6 Å². The molecular weight excluding hydrogens is 262 g/mol. The molecule has 0 aromatic heterocycles. The zero-order valence-corrected chi connectivity index (χ0v) is 12.0. The minimum atomic E-state index is -0.177. The van der Waals surface area contributed by atoms with Crippen LogP contribution in [0.5, 0.6) is 11.5 Å². The van der Waals surface area contributed by atoms with E-state index >= 15 is 0 Å². The van der Waals surface area contributed by atoms with Gasteiger partial charge in [-0.25, -0.2) is 0 Å². The summed E-state index contributed by atoms with van der Waals surface area (Å²) in [5.74, 6) is 1.32. The second-order valence-electron chi connectivity index (χ2n) is 5.27. The summed E-state index contributed by atoms with van der Waals surface area (Å²) in [4.78, 5) is 0. The fraction of sp³-hybridized carbons (Fsp3) is 0.278. The van der Waals surface area contributed by atoms with Gasteiger partial charge in [0.25, 0.3) is 0 Å². The van der Waals surface area contributed by atoms with Crippen molar-refractivity contribution in [3.05, 3.63) is 59.2 Å². The van der Waals surface area contributed by atoms with E-state index in [1.807, 2.05) is 18.2 Å². The van der Waals surface area contributed by atoms with Crippen molar-refractivity contribution in [2.75, 3.05) is 13.2 Å².